The Bertz CT molecular complexity index is 690. The summed E-state index contributed by atoms with van der Waals surface area (Å²) < 4.78 is 5.54. The van der Waals surface area contributed by atoms with E-state index in [0.29, 0.717) is 32.2 Å². The number of hydrogen-bond donors (Lipinski definition) is 0. The van der Waals surface area contributed by atoms with Gasteiger partial charge in [0.1, 0.15) is 12.4 Å². The molecule has 0 spiro atoms. The standard InChI is InChI=1S/C21H23NO3/c23-20-13-11-19(12-14-20)22(15-17-7-3-1-4-8-17)21(24)25-16-18-9-5-2-6-10-18/h1-10,19H,11-16H2. The molecule has 2 aromatic rings. The fraction of sp³-hybridized carbons (Fsp3) is 0.333. The first-order chi connectivity index (χ1) is 12.2. The minimum Gasteiger partial charge on any atom is -0.445 e. The highest BCUT2D eigenvalue weighted by atomic mass is 16.6. The van der Waals surface area contributed by atoms with Crippen molar-refractivity contribution in [1.29, 1.82) is 0 Å². The van der Waals surface area contributed by atoms with Crippen molar-refractivity contribution in [2.24, 2.45) is 0 Å². The van der Waals surface area contributed by atoms with Gasteiger partial charge in [0.15, 0.2) is 0 Å². The highest BCUT2D eigenvalue weighted by Crippen LogP contribution is 2.23. The monoisotopic (exact) mass is 337 g/mol. The molecule has 0 bridgehead atoms. The number of nitrogens with zero attached hydrogens (tertiary/aromatic N) is 1. The summed E-state index contributed by atoms with van der Waals surface area (Å²) in [6.45, 7) is 0.768. The van der Waals surface area contributed by atoms with Crippen LogP contribution in [0.4, 0.5) is 4.79 Å². The molecule has 0 aromatic heterocycles. The predicted molar refractivity (Wildman–Crippen MR) is 95.9 cm³/mol. The first-order valence-electron chi connectivity index (χ1n) is 8.75. The van der Waals surface area contributed by atoms with Gasteiger partial charge in [-0.3, -0.25) is 4.79 Å². The highest BCUT2D eigenvalue weighted by Gasteiger charge is 2.29. The zero-order chi connectivity index (χ0) is 17.5. The molecule has 1 saturated carbocycles. The smallest absolute Gasteiger partial charge is 0.410 e. The summed E-state index contributed by atoms with van der Waals surface area (Å²) in [5.74, 6) is 0.286. The van der Waals surface area contributed by atoms with Crippen molar-refractivity contribution in [3.63, 3.8) is 0 Å². The summed E-state index contributed by atoms with van der Waals surface area (Å²) in [4.78, 5) is 26.0. The second-order valence-corrected chi connectivity index (χ2v) is 6.42. The number of carbonyl (C=O) groups is 2. The molecule has 2 aromatic carbocycles. The molecule has 0 saturated heterocycles. The zero-order valence-electron chi connectivity index (χ0n) is 14.3. The Hall–Kier alpha value is -2.62. The quantitative estimate of drug-likeness (QED) is 0.815. The molecule has 0 heterocycles. The molecule has 25 heavy (non-hydrogen) atoms. The number of amides is 1. The van der Waals surface area contributed by atoms with E-state index in [9.17, 15) is 9.59 Å². The van der Waals surface area contributed by atoms with E-state index < -0.39 is 0 Å². The summed E-state index contributed by atoms with van der Waals surface area (Å²) in [6.07, 6.45) is 2.20. The van der Waals surface area contributed by atoms with E-state index in [1.807, 2.05) is 60.7 Å². The van der Waals surface area contributed by atoms with Gasteiger partial charge in [-0.05, 0) is 24.0 Å². The van der Waals surface area contributed by atoms with Crippen LogP contribution in [0.25, 0.3) is 0 Å². The zero-order valence-corrected chi connectivity index (χ0v) is 14.3. The van der Waals surface area contributed by atoms with E-state index in [-0.39, 0.29) is 24.5 Å². The second kappa shape index (κ2) is 8.47. The molecule has 0 N–H and O–H groups in total. The molecule has 3 rings (SSSR count). The van der Waals surface area contributed by atoms with Crippen LogP contribution >= 0.6 is 0 Å². The first kappa shape index (κ1) is 17.2. The lowest BCUT2D eigenvalue weighted by Crippen LogP contribution is -2.42. The Morgan fingerprint density at radius 1 is 0.920 bits per heavy atom. The van der Waals surface area contributed by atoms with Crippen molar-refractivity contribution in [3.05, 3.63) is 71.8 Å². The van der Waals surface area contributed by atoms with E-state index in [2.05, 4.69) is 0 Å². The van der Waals surface area contributed by atoms with Gasteiger partial charge in [0.05, 0.1) is 0 Å². The number of Topliss-reactive ketones (excluding diaryl/α,β-unsaturated/α-hetero) is 1. The SMILES string of the molecule is O=C1CCC(N(Cc2ccccc2)C(=O)OCc2ccccc2)CC1. The molecule has 130 valence electrons. The molecule has 4 heteroatoms. The lowest BCUT2D eigenvalue weighted by molar-refractivity contribution is -0.121. The van der Waals surface area contributed by atoms with E-state index in [4.69, 9.17) is 4.74 Å². The van der Waals surface area contributed by atoms with E-state index >= 15 is 0 Å². The molecule has 4 nitrogen and oxygen atoms in total. The second-order valence-electron chi connectivity index (χ2n) is 6.42. The third kappa shape index (κ3) is 4.92. The van der Waals surface area contributed by atoms with Gasteiger partial charge in [0, 0.05) is 25.4 Å². The maximum absolute atomic E-state index is 12.7. The van der Waals surface area contributed by atoms with Crippen LogP contribution in [-0.4, -0.2) is 22.8 Å². The Balaban J connectivity index is 1.68. The van der Waals surface area contributed by atoms with Gasteiger partial charge in [-0.25, -0.2) is 4.79 Å². The summed E-state index contributed by atoms with van der Waals surface area (Å²) in [6, 6.07) is 19.6. The first-order valence-corrected chi connectivity index (χ1v) is 8.75. The number of benzene rings is 2. The third-order valence-corrected chi connectivity index (χ3v) is 4.59. The van der Waals surface area contributed by atoms with Gasteiger partial charge in [-0.15, -0.1) is 0 Å². The molecule has 1 aliphatic rings. The fourth-order valence-electron chi connectivity index (χ4n) is 3.16. The Labute approximate surface area is 148 Å². The Morgan fingerprint density at radius 3 is 2.08 bits per heavy atom. The van der Waals surface area contributed by atoms with Crippen LogP contribution in [0.3, 0.4) is 0 Å². The fourth-order valence-corrected chi connectivity index (χ4v) is 3.16. The molecule has 0 atom stereocenters. The number of carbonyl (C=O) groups excluding carboxylic acids is 2. The summed E-state index contributed by atoms with van der Waals surface area (Å²) in [7, 11) is 0. The van der Waals surface area contributed by atoms with Gasteiger partial charge < -0.3 is 9.64 Å². The topological polar surface area (TPSA) is 46.6 Å². The van der Waals surface area contributed by atoms with Crippen LogP contribution < -0.4 is 0 Å². The average molecular weight is 337 g/mol. The normalized spacial score (nSPS) is 15.0. The van der Waals surface area contributed by atoms with Gasteiger partial charge in [-0.1, -0.05) is 60.7 Å². The largest absolute Gasteiger partial charge is 0.445 e. The molecule has 0 aliphatic heterocycles. The molecule has 1 amide bonds. The van der Waals surface area contributed by atoms with Gasteiger partial charge in [-0.2, -0.15) is 0 Å². The Morgan fingerprint density at radius 2 is 1.48 bits per heavy atom. The van der Waals surface area contributed by atoms with Gasteiger partial charge in [0.25, 0.3) is 0 Å². The van der Waals surface area contributed by atoms with Crippen molar-refractivity contribution in [1.82, 2.24) is 4.90 Å². The van der Waals surface area contributed by atoms with Crippen LogP contribution in [0.2, 0.25) is 0 Å². The van der Waals surface area contributed by atoms with Crippen molar-refractivity contribution >= 4 is 11.9 Å². The third-order valence-electron chi connectivity index (χ3n) is 4.59. The molecule has 0 radical (unpaired) electrons. The predicted octanol–water partition coefficient (Wildman–Crippen LogP) is 4.34. The highest BCUT2D eigenvalue weighted by molar-refractivity contribution is 5.79. The van der Waals surface area contributed by atoms with Crippen LogP contribution in [0.15, 0.2) is 60.7 Å². The minimum absolute atomic E-state index is 0.0566. The minimum atomic E-state index is -0.313. The van der Waals surface area contributed by atoms with E-state index in [1.54, 1.807) is 4.90 Å². The number of rotatable bonds is 5. The molecule has 0 unspecified atom stereocenters. The molecular weight excluding hydrogens is 314 g/mol. The average Bonchev–Trinajstić information content (AvgIpc) is 2.67. The van der Waals surface area contributed by atoms with Crippen LogP contribution in [0, 0.1) is 0 Å². The van der Waals surface area contributed by atoms with E-state index in [1.165, 1.54) is 0 Å². The van der Waals surface area contributed by atoms with Crippen LogP contribution in [0.5, 0.6) is 0 Å². The Kier molecular flexibility index (Phi) is 5.83. The maximum Gasteiger partial charge on any atom is 0.410 e. The molecule has 1 aliphatic carbocycles. The van der Waals surface area contributed by atoms with Crippen molar-refractivity contribution in [3.8, 4) is 0 Å². The summed E-state index contributed by atoms with van der Waals surface area (Å²) in [5.41, 5.74) is 2.03. The summed E-state index contributed by atoms with van der Waals surface area (Å²) >= 11 is 0. The van der Waals surface area contributed by atoms with Crippen LogP contribution in [0.1, 0.15) is 36.8 Å². The lowest BCUT2D eigenvalue weighted by Gasteiger charge is -2.33. The van der Waals surface area contributed by atoms with Crippen molar-refractivity contribution in [2.75, 3.05) is 0 Å². The summed E-state index contributed by atoms with van der Waals surface area (Å²) in [5, 5.41) is 0. The molecular formula is C21H23NO3. The van der Waals surface area contributed by atoms with Crippen molar-refractivity contribution < 1.29 is 14.3 Å². The molecule has 1 fully saturated rings. The number of hydrogen-bond acceptors (Lipinski definition) is 3. The van der Waals surface area contributed by atoms with Gasteiger partial charge in [0.2, 0.25) is 0 Å². The number of ketones is 1. The maximum atomic E-state index is 12.7. The van der Waals surface area contributed by atoms with Gasteiger partial charge >= 0.3 is 6.09 Å². The van der Waals surface area contributed by atoms with Crippen LogP contribution in [-0.2, 0) is 22.7 Å². The van der Waals surface area contributed by atoms with Crippen molar-refractivity contribution in [2.45, 2.75) is 44.9 Å². The lowest BCUT2D eigenvalue weighted by atomic mass is 9.93. The number of ether oxygens (including phenoxy) is 1. The van der Waals surface area contributed by atoms with E-state index in [0.717, 1.165) is 11.1 Å².